The molecule has 0 fully saturated rings. The SMILES string of the molecule is COc1ccc(S(=O)(=O)NCCC(=O)Nc2cc(-n3nnnc3C)ccc2F)cc1OC. The molecule has 0 radical (unpaired) electrons. The molecule has 0 saturated carbocycles. The molecule has 1 amide bonds. The van der Waals surface area contributed by atoms with E-state index >= 15 is 0 Å². The van der Waals surface area contributed by atoms with Crippen LogP contribution in [0.25, 0.3) is 5.69 Å². The summed E-state index contributed by atoms with van der Waals surface area (Å²) >= 11 is 0. The van der Waals surface area contributed by atoms with Crippen molar-refractivity contribution >= 4 is 21.6 Å². The molecule has 0 aliphatic rings. The number of aryl methyl sites for hydroxylation is 1. The second-order valence-corrected chi connectivity index (χ2v) is 8.28. The van der Waals surface area contributed by atoms with E-state index in [4.69, 9.17) is 9.47 Å². The van der Waals surface area contributed by atoms with E-state index in [-0.39, 0.29) is 29.3 Å². The summed E-state index contributed by atoms with van der Waals surface area (Å²) in [7, 11) is -1.08. The van der Waals surface area contributed by atoms with Crippen LogP contribution < -0.4 is 19.5 Å². The Bertz CT molecular complexity index is 1230. The Hall–Kier alpha value is -3.58. The quantitative estimate of drug-likeness (QED) is 0.485. The van der Waals surface area contributed by atoms with Crippen molar-refractivity contribution in [3.05, 3.63) is 48.0 Å². The van der Waals surface area contributed by atoms with Gasteiger partial charge in [0.2, 0.25) is 15.9 Å². The van der Waals surface area contributed by atoms with Crippen molar-refractivity contribution in [2.45, 2.75) is 18.2 Å². The number of amides is 1. The summed E-state index contributed by atoms with van der Waals surface area (Å²) < 4.78 is 53.0. The van der Waals surface area contributed by atoms with Gasteiger partial charge in [-0.2, -0.15) is 4.68 Å². The summed E-state index contributed by atoms with van der Waals surface area (Å²) in [5, 5.41) is 13.5. The fraction of sp³-hybridized carbons (Fsp3) is 0.263. The molecule has 1 heterocycles. The summed E-state index contributed by atoms with van der Waals surface area (Å²) in [5.74, 6) is -0.116. The number of tetrazole rings is 1. The molecule has 11 nitrogen and oxygen atoms in total. The van der Waals surface area contributed by atoms with Gasteiger partial charge in [-0.25, -0.2) is 17.5 Å². The molecule has 0 unspecified atom stereocenters. The molecule has 3 rings (SSSR count). The number of rotatable bonds is 9. The topological polar surface area (TPSA) is 137 Å². The zero-order valence-corrected chi connectivity index (χ0v) is 18.3. The van der Waals surface area contributed by atoms with Crippen LogP contribution in [0.4, 0.5) is 10.1 Å². The van der Waals surface area contributed by atoms with E-state index in [1.54, 1.807) is 6.92 Å². The summed E-state index contributed by atoms with van der Waals surface area (Å²) in [6.07, 6.45) is -0.222. The smallest absolute Gasteiger partial charge is 0.240 e. The van der Waals surface area contributed by atoms with Gasteiger partial charge in [-0.1, -0.05) is 0 Å². The van der Waals surface area contributed by atoms with Crippen molar-refractivity contribution in [2.24, 2.45) is 0 Å². The predicted octanol–water partition coefficient (Wildman–Crippen LogP) is 1.43. The lowest BCUT2D eigenvalue weighted by Gasteiger charge is -2.11. The van der Waals surface area contributed by atoms with Gasteiger partial charge in [0.05, 0.1) is 30.5 Å². The van der Waals surface area contributed by atoms with Crippen molar-refractivity contribution in [3.8, 4) is 17.2 Å². The van der Waals surface area contributed by atoms with Gasteiger partial charge in [-0.3, -0.25) is 4.79 Å². The van der Waals surface area contributed by atoms with E-state index < -0.39 is 21.7 Å². The Labute approximate surface area is 183 Å². The Morgan fingerprint density at radius 1 is 1.12 bits per heavy atom. The van der Waals surface area contributed by atoms with E-state index in [0.29, 0.717) is 17.3 Å². The molecule has 0 atom stereocenters. The highest BCUT2D eigenvalue weighted by atomic mass is 32.2. The number of carbonyl (C=O) groups is 1. The van der Waals surface area contributed by atoms with Crippen LogP contribution in [-0.4, -0.2) is 55.3 Å². The van der Waals surface area contributed by atoms with Crippen molar-refractivity contribution in [3.63, 3.8) is 0 Å². The number of benzene rings is 2. The van der Waals surface area contributed by atoms with Gasteiger partial charge in [-0.05, 0) is 47.7 Å². The van der Waals surface area contributed by atoms with Crippen LogP contribution in [0.2, 0.25) is 0 Å². The van der Waals surface area contributed by atoms with Crippen molar-refractivity contribution in [1.29, 1.82) is 0 Å². The normalized spacial score (nSPS) is 11.2. The van der Waals surface area contributed by atoms with Crippen LogP contribution >= 0.6 is 0 Å². The minimum absolute atomic E-state index is 0.0499. The van der Waals surface area contributed by atoms with Gasteiger partial charge in [0.1, 0.15) is 5.82 Å². The zero-order valence-electron chi connectivity index (χ0n) is 17.5. The minimum Gasteiger partial charge on any atom is -0.493 e. The van der Waals surface area contributed by atoms with Crippen LogP contribution in [0.1, 0.15) is 12.2 Å². The molecular formula is C19H21FN6O5S. The van der Waals surface area contributed by atoms with Gasteiger partial charge < -0.3 is 14.8 Å². The maximum absolute atomic E-state index is 14.1. The molecule has 0 aliphatic carbocycles. The molecule has 2 aromatic carbocycles. The Morgan fingerprint density at radius 2 is 1.88 bits per heavy atom. The molecule has 1 aromatic heterocycles. The average molecular weight is 464 g/mol. The number of ether oxygens (including phenoxy) is 2. The maximum atomic E-state index is 14.1. The third-order valence-corrected chi connectivity index (χ3v) is 5.86. The van der Waals surface area contributed by atoms with E-state index in [1.165, 1.54) is 55.3 Å². The summed E-state index contributed by atoms with van der Waals surface area (Å²) in [6.45, 7) is 1.47. The number of halogens is 1. The molecule has 170 valence electrons. The summed E-state index contributed by atoms with van der Waals surface area (Å²) in [6, 6.07) is 8.14. The van der Waals surface area contributed by atoms with Crippen LogP contribution in [0, 0.1) is 12.7 Å². The largest absolute Gasteiger partial charge is 0.493 e. The highest BCUT2D eigenvalue weighted by Gasteiger charge is 2.18. The molecule has 2 N–H and O–H groups in total. The molecule has 3 aromatic rings. The van der Waals surface area contributed by atoms with Crippen LogP contribution in [0.3, 0.4) is 0 Å². The molecule has 32 heavy (non-hydrogen) atoms. The number of nitrogens with one attached hydrogen (secondary N) is 2. The molecule has 0 aliphatic heterocycles. The number of anilines is 1. The third-order valence-electron chi connectivity index (χ3n) is 4.40. The van der Waals surface area contributed by atoms with Crippen LogP contribution in [0.15, 0.2) is 41.3 Å². The number of hydrogen-bond donors (Lipinski definition) is 2. The molecule has 0 saturated heterocycles. The summed E-state index contributed by atoms with van der Waals surface area (Å²) in [5.41, 5.74) is 0.378. The standard InChI is InChI=1S/C19H21FN6O5S/c1-12-23-24-25-26(12)13-4-6-15(20)16(10-13)22-19(27)8-9-21-32(28,29)14-5-7-17(30-2)18(11-14)31-3/h4-7,10-11,21H,8-9H2,1-3H3,(H,22,27). The highest BCUT2D eigenvalue weighted by Crippen LogP contribution is 2.29. The van der Waals surface area contributed by atoms with Gasteiger partial charge >= 0.3 is 0 Å². The second-order valence-electron chi connectivity index (χ2n) is 6.51. The van der Waals surface area contributed by atoms with Gasteiger partial charge in [0, 0.05) is 19.0 Å². The van der Waals surface area contributed by atoms with E-state index in [0.717, 1.165) is 0 Å². The first kappa shape index (κ1) is 23.1. The highest BCUT2D eigenvalue weighted by molar-refractivity contribution is 7.89. The lowest BCUT2D eigenvalue weighted by molar-refractivity contribution is -0.116. The zero-order chi connectivity index (χ0) is 23.3. The van der Waals surface area contributed by atoms with E-state index in [9.17, 15) is 17.6 Å². The minimum atomic E-state index is -3.90. The number of aromatic nitrogens is 4. The number of nitrogens with zero attached hydrogens (tertiary/aromatic N) is 4. The predicted molar refractivity (Wildman–Crippen MR) is 112 cm³/mol. The first-order chi connectivity index (χ1) is 15.2. The first-order valence-electron chi connectivity index (χ1n) is 9.31. The van der Waals surface area contributed by atoms with Crippen molar-refractivity contribution < 1.29 is 27.1 Å². The van der Waals surface area contributed by atoms with Gasteiger partial charge in [0.15, 0.2) is 17.3 Å². The van der Waals surface area contributed by atoms with E-state index in [1.807, 2.05) is 0 Å². The number of carbonyl (C=O) groups excluding carboxylic acids is 1. The molecule has 0 bridgehead atoms. The third kappa shape index (κ3) is 5.18. The van der Waals surface area contributed by atoms with Gasteiger partial charge in [-0.15, -0.1) is 5.10 Å². The molecule has 0 spiro atoms. The van der Waals surface area contributed by atoms with Crippen LogP contribution in [-0.2, 0) is 14.8 Å². The average Bonchev–Trinajstić information content (AvgIpc) is 3.20. The van der Waals surface area contributed by atoms with E-state index in [2.05, 4.69) is 25.6 Å². The molecular weight excluding hydrogens is 443 g/mol. The fourth-order valence-electron chi connectivity index (χ4n) is 2.79. The van der Waals surface area contributed by atoms with Crippen LogP contribution in [0.5, 0.6) is 11.5 Å². The number of sulfonamides is 1. The van der Waals surface area contributed by atoms with Crippen molar-refractivity contribution in [2.75, 3.05) is 26.1 Å². The second kappa shape index (κ2) is 9.70. The molecule has 13 heteroatoms. The number of hydrogen-bond acceptors (Lipinski definition) is 8. The Kier molecular flexibility index (Phi) is 7.00. The Morgan fingerprint density at radius 3 is 2.53 bits per heavy atom. The first-order valence-corrected chi connectivity index (χ1v) is 10.8. The maximum Gasteiger partial charge on any atom is 0.240 e. The Balaban J connectivity index is 1.62. The lowest BCUT2D eigenvalue weighted by Crippen LogP contribution is -2.28. The summed E-state index contributed by atoms with van der Waals surface area (Å²) in [4.78, 5) is 12.2. The lowest BCUT2D eigenvalue weighted by atomic mass is 10.2. The monoisotopic (exact) mass is 464 g/mol. The fourth-order valence-corrected chi connectivity index (χ4v) is 3.84. The van der Waals surface area contributed by atoms with Crippen molar-refractivity contribution in [1.82, 2.24) is 24.9 Å². The van der Waals surface area contributed by atoms with Gasteiger partial charge in [0.25, 0.3) is 0 Å². The number of methoxy groups -OCH3 is 2.